The van der Waals surface area contributed by atoms with E-state index in [0.717, 1.165) is 16.9 Å². The number of rotatable bonds is 8. The summed E-state index contributed by atoms with van der Waals surface area (Å²) < 4.78 is 13.3. The van der Waals surface area contributed by atoms with Crippen LogP contribution in [0.3, 0.4) is 0 Å². The quantitative estimate of drug-likeness (QED) is 0.282. The number of anilines is 1. The van der Waals surface area contributed by atoms with Crippen molar-refractivity contribution in [1.82, 2.24) is 14.8 Å². The first-order valence-electron chi connectivity index (χ1n) is 11.5. The van der Waals surface area contributed by atoms with Crippen molar-refractivity contribution in [1.29, 1.82) is 0 Å². The third-order valence-electron chi connectivity index (χ3n) is 5.26. The maximum absolute atomic E-state index is 13.2. The molecule has 1 N–H and O–H groups in total. The summed E-state index contributed by atoms with van der Waals surface area (Å²) in [4.78, 5) is 17.9. The van der Waals surface area contributed by atoms with Gasteiger partial charge in [-0.25, -0.2) is 9.48 Å². The first-order valence-corrected chi connectivity index (χ1v) is 12.9. The molecule has 0 fully saturated rings. The van der Waals surface area contributed by atoms with Crippen molar-refractivity contribution in [3.05, 3.63) is 76.0 Å². The van der Waals surface area contributed by atoms with Crippen LogP contribution in [0.2, 0.25) is 5.02 Å². The van der Waals surface area contributed by atoms with Gasteiger partial charge < -0.3 is 14.8 Å². The van der Waals surface area contributed by atoms with Crippen LogP contribution >= 0.6 is 23.4 Å². The maximum atomic E-state index is 13.2. The topological polar surface area (TPSA) is 78.3 Å². The lowest BCUT2D eigenvalue weighted by Crippen LogP contribution is -2.30. The number of carbonyl (C=O) groups excluding carboxylic acids is 1. The van der Waals surface area contributed by atoms with Gasteiger partial charge in [-0.05, 0) is 63.9 Å². The van der Waals surface area contributed by atoms with Crippen LogP contribution in [-0.2, 0) is 15.3 Å². The Labute approximate surface area is 214 Å². The number of aromatic nitrogens is 3. The van der Waals surface area contributed by atoms with E-state index in [9.17, 15) is 4.79 Å². The lowest BCUT2D eigenvalue weighted by atomic mass is 9.95. The lowest BCUT2D eigenvalue weighted by Gasteiger charge is -2.28. The van der Waals surface area contributed by atoms with Gasteiger partial charge in [-0.15, -0.1) is 5.10 Å². The predicted molar refractivity (Wildman–Crippen MR) is 139 cm³/mol. The Balaban J connectivity index is 1.72. The van der Waals surface area contributed by atoms with Gasteiger partial charge in [0.25, 0.3) is 0 Å². The van der Waals surface area contributed by atoms with E-state index in [2.05, 4.69) is 5.32 Å². The zero-order chi connectivity index (χ0) is 25.1. The van der Waals surface area contributed by atoms with Gasteiger partial charge in [-0.1, -0.05) is 53.7 Å². The number of thioether (sulfide) groups is 1. The van der Waals surface area contributed by atoms with Crippen molar-refractivity contribution >= 4 is 35.3 Å². The summed E-state index contributed by atoms with van der Waals surface area (Å²) in [7, 11) is 0. The number of hydrogen-bond donors (Lipinski definition) is 1. The van der Waals surface area contributed by atoms with Gasteiger partial charge in [0.2, 0.25) is 11.1 Å². The molecule has 1 unspecified atom stereocenters. The van der Waals surface area contributed by atoms with Crippen LogP contribution in [0.25, 0.3) is 0 Å². The molecular formula is C26H29ClN4O3S. The molecule has 0 saturated carbocycles. The number of nitrogens with one attached hydrogen (secondary N) is 1. The monoisotopic (exact) mass is 512 g/mol. The molecule has 4 rings (SSSR count). The van der Waals surface area contributed by atoms with Gasteiger partial charge in [0.15, 0.2) is 0 Å². The van der Waals surface area contributed by atoms with E-state index < -0.39 is 12.0 Å². The first kappa shape index (κ1) is 25.1. The van der Waals surface area contributed by atoms with Crippen LogP contribution in [0.4, 0.5) is 5.95 Å². The van der Waals surface area contributed by atoms with E-state index in [1.807, 2.05) is 83.1 Å². The Morgan fingerprint density at radius 1 is 1.14 bits per heavy atom. The standard InChI is InChI=1S/C26H29ClN4O3S/c1-15(2)33-20-11-8-10-18(13-20)23-22(24(32)34-16(3)4)17(5)28-25-29-26(30-31(23)25)35-14-19-9-6-7-12-21(19)27/h6-13,15-16,23H,14H2,1-5H3,(H,28,29,30). The molecule has 0 spiro atoms. The summed E-state index contributed by atoms with van der Waals surface area (Å²) in [6, 6.07) is 14.9. The number of nitrogens with zero attached hydrogens (tertiary/aromatic N) is 3. The van der Waals surface area contributed by atoms with E-state index >= 15 is 0 Å². The number of allylic oxidation sites excluding steroid dienone is 1. The zero-order valence-electron chi connectivity index (χ0n) is 20.4. The number of fused-ring (bicyclic) bond motifs is 1. The van der Waals surface area contributed by atoms with Crippen molar-refractivity contribution in [2.45, 2.75) is 63.8 Å². The highest BCUT2D eigenvalue weighted by molar-refractivity contribution is 7.98. The van der Waals surface area contributed by atoms with E-state index in [0.29, 0.717) is 33.2 Å². The molecule has 3 aromatic rings. The molecule has 0 bridgehead atoms. The van der Waals surface area contributed by atoms with Crippen molar-refractivity contribution in [2.24, 2.45) is 0 Å². The summed E-state index contributed by atoms with van der Waals surface area (Å²) in [6.07, 6.45) is -0.228. The minimum Gasteiger partial charge on any atom is -0.491 e. The van der Waals surface area contributed by atoms with Gasteiger partial charge in [0.1, 0.15) is 11.8 Å². The molecule has 1 atom stereocenters. The first-order chi connectivity index (χ1) is 16.7. The fourth-order valence-electron chi connectivity index (χ4n) is 3.83. The number of benzene rings is 2. The summed E-state index contributed by atoms with van der Waals surface area (Å²) in [6.45, 7) is 9.48. The fraction of sp³-hybridized carbons (Fsp3) is 0.346. The Bertz CT molecular complexity index is 1250. The van der Waals surface area contributed by atoms with Gasteiger partial charge >= 0.3 is 5.97 Å². The smallest absolute Gasteiger partial charge is 0.338 e. The molecule has 1 aliphatic heterocycles. The van der Waals surface area contributed by atoms with E-state index in [1.165, 1.54) is 11.8 Å². The number of esters is 1. The SMILES string of the molecule is CC1=C(C(=O)OC(C)C)C(c2cccc(OC(C)C)c2)n2nc(SCc3ccccc3Cl)nc2N1. The average Bonchev–Trinajstić information content (AvgIpc) is 3.19. The summed E-state index contributed by atoms with van der Waals surface area (Å²) >= 11 is 7.80. The average molecular weight is 513 g/mol. The molecule has 2 aromatic carbocycles. The molecule has 7 nitrogen and oxygen atoms in total. The molecule has 0 amide bonds. The van der Waals surface area contributed by atoms with Gasteiger partial charge in [-0.3, -0.25) is 0 Å². The zero-order valence-corrected chi connectivity index (χ0v) is 22.0. The van der Waals surface area contributed by atoms with E-state index in [-0.39, 0.29) is 12.2 Å². The molecule has 0 radical (unpaired) electrons. The van der Waals surface area contributed by atoms with Gasteiger partial charge in [-0.2, -0.15) is 4.98 Å². The normalized spacial score (nSPS) is 15.3. The summed E-state index contributed by atoms with van der Waals surface area (Å²) in [5, 5.41) is 9.30. The molecular weight excluding hydrogens is 484 g/mol. The number of ether oxygens (including phenoxy) is 2. The van der Waals surface area contributed by atoms with Crippen LogP contribution in [0.1, 0.15) is 51.8 Å². The summed E-state index contributed by atoms with van der Waals surface area (Å²) in [5.74, 6) is 1.52. The molecule has 184 valence electrons. The van der Waals surface area contributed by atoms with Crippen LogP contribution in [0, 0.1) is 0 Å². The van der Waals surface area contributed by atoms with Crippen molar-refractivity contribution < 1.29 is 14.3 Å². The van der Waals surface area contributed by atoms with E-state index in [1.54, 1.807) is 4.68 Å². The largest absolute Gasteiger partial charge is 0.491 e. The van der Waals surface area contributed by atoms with Crippen LogP contribution in [-0.4, -0.2) is 32.9 Å². The molecule has 0 aliphatic carbocycles. The third kappa shape index (κ3) is 5.82. The summed E-state index contributed by atoms with van der Waals surface area (Å²) in [5.41, 5.74) is 3.03. The second-order valence-corrected chi connectivity index (χ2v) is 10.2. The predicted octanol–water partition coefficient (Wildman–Crippen LogP) is 6.25. The highest BCUT2D eigenvalue weighted by Crippen LogP contribution is 2.38. The Morgan fingerprint density at radius 3 is 2.63 bits per heavy atom. The number of halogens is 1. The highest BCUT2D eigenvalue weighted by atomic mass is 35.5. The molecule has 1 aliphatic rings. The molecule has 9 heteroatoms. The van der Waals surface area contributed by atoms with Crippen LogP contribution in [0.15, 0.2) is 65.0 Å². The van der Waals surface area contributed by atoms with Crippen molar-refractivity contribution in [2.75, 3.05) is 5.32 Å². The fourth-order valence-corrected chi connectivity index (χ4v) is 4.95. The number of hydrogen-bond acceptors (Lipinski definition) is 7. The number of carbonyl (C=O) groups is 1. The lowest BCUT2D eigenvalue weighted by molar-refractivity contribution is -0.143. The Kier molecular flexibility index (Phi) is 7.72. The second-order valence-electron chi connectivity index (χ2n) is 8.80. The highest BCUT2D eigenvalue weighted by Gasteiger charge is 2.35. The van der Waals surface area contributed by atoms with Gasteiger partial charge in [0.05, 0.1) is 17.8 Å². The molecule has 1 aromatic heterocycles. The second kappa shape index (κ2) is 10.7. The van der Waals surface area contributed by atoms with Crippen molar-refractivity contribution in [3.63, 3.8) is 0 Å². The molecule has 35 heavy (non-hydrogen) atoms. The Morgan fingerprint density at radius 2 is 1.91 bits per heavy atom. The molecule has 0 saturated heterocycles. The third-order valence-corrected chi connectivity index (χ3v) is 6.51. The Hall–Kier alpha value is -2.97. The van der Waals surface area contributed by atoms with Crippen LogP contribution in [0.5, 0.6) is 5.75 Å². The minimum absolute atomic E-state index is 0.0238. The van der Waals surface area contributed by atoms with E-state index in [4.69, 9.17) is 31.2 Å². The maximum Gasteiger partial charge on any atom is 0.338 e. The molecule has 2 heterocycles. The van der Waals surface area contributed by atoms with Crippen molar-refractivity contribution in [3.8, 4) is 5.75 Å². The van der Waals surface area contributed by atoms with Gasteiger partial charge in [0, 0.05) is 16.5 Å². The van der Waals surface area contributed by atoms with Crippen LogP contribution < -0.4 is 10.1 Å². The minimum atomic E-state index is -0.518.